The second-order valence-electron chi connectivity index (χ2n) is 9.11. The van der Waals surface area contributed by atoms with Crippen LogP contribution in [0.1, 0.15) is 46.2 Å². The molecule has 7 nitrogen and oxygen atoms in total. The third-order valence-electron chi connectivity index (χ3n) is 6.61. The Bertz CT molecular complexity index is 1570. The van der Waals surface area contributed by atoms with Gasteiger partial charge in [-0.15, -0.1) is 34.7 Å². The monoisotopic (exact) mass is 540 g/mol. The summed E-state index contributed by atoms with van der Waals surface area (Å²) in [6.45, 7) is 7.44. The Labute approximate surface area is 220 Å². The fourth-order valence-electron chi connectivity index (χ4n) is 4.51. The van der Waals surface area contributed by atoms with Crippen LogP contribution in [0.5, 0.6) is 5.75 Å². The first-order chi connectivity index (χ1) is 17.9. The fraction of sp³-hybridized carbons (Fsp3) is 0.259. The van der Waals surface area contributed by atoms with E-state index in [4.69, 9.17) is 4.99 Å². The Morgan fingerprint density at radius 1 is 1.05 bits per heavy atom. The summed E-state index contributed by atoms with van der Waals surface area (Å²) in [6.07, 6.45) is -4.78. The van der Waals surface area contributed by atoms with Crippen molar-refractivity contribution in [3.63, 3.8) is 0 Å². The van der Waals surface area contributed by atoms with E-state index in [1.165, 1.54) is 18.2 Å². The van der Waals surface area contributed by atoms with Gasteiger partial charge in [-0.1, -0.05) is 36.4 Å². The molecular formula is C27H23F3N4O3S. The molecule has 2 atom stereocenters. The lowest BCUT2D eigenvalue weighted by molar-refractivity contribution is -0.274. The Hall–Kier alpha value is -3.99. The average Bonchev–Trinajstić information content (AvgIpc) is 3.32. The number of thiophene rings is 1. The summed E-state index contributed by atoms with van der Waals surface area (Å²) in [5.74, 6) is -1.06. The molecule has 1 unspecified atom stereocenters. The number of carboxylic acids is 1. The number of aliphatic imine (C=N–C) groups is 1. The number of nitrogens with zero attached hydrogens (tertiary/aromatic N) is 4. The van der Waals surface area contributed by atoms with E-state index >= 15 is 0 Å². The van der Waals surface area contributed by atoms with Gasteiger partial charge in [-0.3, -0.25) is 14.4 Å². The first kappa shape index (κ1) is 25.7. The minimum Gasteiger partial charge on any atom is -0.481 e. The fourth-order valence-corrected chi connectivity index (χ4v) is 5.72. The van der Waals surface area contributed by atoms with Crippen LogP contribution >= 0.6 is 11.3 Å². The molecular weight excluding hydrogens is 517 g/mol. The summed E-state index contributed by atoms with van der Waals surface area (Å²) >= 11 is 1.57. The highest BCUT2D eigenvalue weighted by Gasteiger charge is 2.36. The highest BCUT2D eigenvalue weighted by atomic mass is 32.1. The van der Waals surface area contributed by atoms with E-state index in [-0.39, 0.29) is 5.75 Å². The van der Waals surface area contributed by atoms with Gasteiger partial charge in [0.15, 0.2) is 5.82 Å². The first-order valence-corrected chi connectivity index (χ1v) is 12.6. The summed E-state index contributed by atoms with van der Waals surface area (Å²) < 4.78 is 44.0. The zero-order valence-electron chi connectivity index (χ0n) is 20.9. The Morgan fingerprint density at radius 2 is 1.74 bits per heavy atom. The first-order valence-electron chi connectivity index (χ1n) is 11.7. The topological polar surface area (TPSA) is 89.6 Å². The molecule has 4 aromatic rings. The Balaban J connectivity index is 1.62. The minimum absolute atomic E-state index is 0.301. The standard InChI is InChI=1S/C27H23F3N4O3S/c1-13-15(3)38-25-21(13)23(31-22(14(2)26(35)36)24-33-32-16(4)34(24)25)18-10-8-17(9-11-18)19-6-5-7-20(12-19)37-27(28,29)30/h5-12,14,22H,1-4H3,(H,35,36)/t14?,22-/m0/s1. The molecule has 0 fully saturated rings. The number of benzene rings is 2. The Morgan fingerprint density at radius 3 is 2.39 bits per heavy atom. The second-order valence-corrected chi connectivity index (χ2v) is 10.3. The maximum atomic E-state index is 12.7. The maximum Gasteiger partial charge on any atom is 0.573 e. The predicted octanol–water partition coefficient (Wildman–Crippen LogP) is 6.43. The van der Waals surface area contributed by atoms with Crippen molar-refractivity contribution < 1.29 is 27.8 Å². The summed E-state index contributed by atoms with van der Waals surface area (Å²) in [5.41, 5.74) is 4.53. The van der Waals surface area contributed by atoms with E-state index in [1.807, 2.05) is 37.5 Å². The van der Waals surface area contributed by atoms with Crippen LogP contribution in [0.3, 0.4) is 0 Å². The molecule has 2 aromatic heterocycles. The van der Waals surface area contributed by atoms with Crippen LogP contribution in [0.15, 0.2) is 53.5 Å². The number of ether oxygens (including phenoxy) is 1. The predicted molar refractivity (Wildman–Crippen MR) is 137 cm³/mol. The van der Waals surface area contributed by atoms with Gasteiger partial charge in [0.1, 0.15) is 22.6 Å². The molecule has 0 aliphatic carbocycles. The molecule has 2 aromatic carbocycles. The number of hydrogen-bond donors (Lipinski definition) is 1. The van der Waals surface area contributed by atoms with Crippen molar-refractivity contribution in [1.29, 1.82) is 0 Å². The number of aliphatic carboxylic acids is 1. The van der Waals surface area contributed by atoms with Gasteiger partial charge in [-0.2, -0.15) is 0 Å². The number of aryl methyl sites for hydroxylation is 2. The number of rotatable bonds is 5. The van der Waals surface area contributed by atoms with Crippen molar-refractivity contribution in [2.75, 3.05) is 0 Å². The van der Waals surface area contributed by atoms with Crippen LogP contribution < -0.4 is 4.74 Å². The van der Waals surface area contributed by atoms with Crippen LogP contribution in [0.2, 0.25) is 0 Å². The number of carbonyl (C=O) groups is 1. The quantitative estimate of drug-likeness (QED) is 0.315. The molecule has 5 rings (SSSR count). The molecule has 0 saturated carbocycles. The van der Waals surface area contributed by atoms with Gasteiger partial charge in [0.05, 0.1) is 11.6 Å². The van der Waals surface area contributed by atoms with Gasteiger partial charge in [0, 0.05) is 16.0 Å². The average molecular weight is 541 g/mol. The number of halogens is 3. The van der Waals surface area contributed by atoms with E-state index in [1.54, 1.807) is 36.5 Å². The van der Waals surface area contributed by atoms with E-state index in [2.05, 4.69) is 14.9 Å². The van der Waals surface area contributed by atoms with Gasteiger partial charge in [0.2, 0.25) is 0 Å². The van der Waals surface area contributed by atoms with Gasteiger partial charge < -0.3 is 9.84 Å². The van der Waals surface area contributed by atoms with Gasteiger partial charge in [-0.25, -0.2) is 0 Å². The van der Waals surface area contributed by atoms with Crippen LogP contribution in [0, 0.1) is 26.7 Å². The molecule has 0 radical (unpaired) electrons. The molecule has 0 spiro atoms. The summed E-state index contributed by atoms with van der Waals surface area (Å²) in [5, 5.41) is 19.2. The largest absolute Gasteiger partial charge is 0.573 e. The molecule has 1 N–H and O–H groups in total. The molecule has 11 heteroatoms. The lowest BCUT2D eigenvalue weighted by Crippen LogP contribution is -2.21. The summed E-state index contributed by atoms with van der Waals surface area (Å²) in [7, 11) is 0. The van der Waals surface area contributed by atoms with Crippen molar-refractivity contribution in [1.82, 2.24) is 14.8 Å². The normalized spacial score (nSPS) is 15.8. The molecule has 196 valence electrons. The third kappa shape index (κ3) is 4.58. The third-order valence-corrected chi connectivity index (χ3v) is 7.80. The van der Waals surface area contributed by atoms with E-state index in [9.17, 15) is 23.1 Å². The lowest BCUT2D eigenvalue weighted by Gasteiger charge is -2.16. The molecule has 0 bridgehead atoms. The van der Waals surface area contributed by atoms with Crippen molar-refractivity contribution >= 4 is 23.0 Å². The number of alkyl halides is 3. The van der Waals surface area contributed by atoms with Crippen molar-refractivity contribution in [3.05, 3.63) is 81.7 Å². The number of hydrogen-bond acceptors (Lipinski definition) is 6. The van der Waals surface area contributed by atoms with Crippen molar-refractivity contribution in [3.8, 4) is 21.9 Å². The zero-order chi connectivity index (χ0) is 27.4. The van der Waals surface area contributed by atoms with E-state index in [0.29, 0.717) is 28.5 Å². The number of fused-ring (bicyclic) bond motifs is 3. The minimum atomic E-state index is -4.78. The maximum absolute atomic E-state index is 12.7. The molecule has 0 amide bonds. The Kier molecular flexibility index (Phi) is 6.34. The van der Waals surface area contributed by atoms with E-state index in [0.717, 1.165) is 26.6 Å². The smallest absolute Gasteiger partial charge is 0.481 e. The van der Waals surface area contributed by atoms with Crippen molar-refractivity contribution in [2.24, 2.45) is 10.9 Å². The summed E-state index contributed by atoms with van der Waals surface area (Å²) in [6, 6.07) is 12.3. The molecule has 1 aliphatic rings. The van der Waals surface area contributed by atoms with Crippen LogP contribution in [0.4, 0.5) is 13.2 Å². The van der Waals surface area contributed by atoms with Gasteiger partial charge in [-0.05, 0) is 56.5 Å². The number of aromatic nitrogens is 3. The highest BCUT2D eigenvalue weighted by molar-refractivity contribution is 7.15. The summed E-state index contributed by atoms with van der Waals surface area (Å²) in [4.78, 5) is 18.1. The highest BCUT2D eigenvalue weighted by Crippen LogP contribution is 2.41. The van der Waals surface area contributed by atoms with Gasteiger partial charge in [0.25, 0.3) is 0 Å². The number of carboxylic acid groups (broad SMARTS) is 1. The SMILES string of the molecule is Cc1sc2c(c1C)C(c1ccc(-c3cccc(OC(F)(F)F)c3)cc1)=N[C@@H](C(C)C(=O)O)c1nnc(C)n1-2. The second kappa shape index (κ2) is 9.39. The molecule has 0 saturated heterocycles. The molecule has 1 aliphatic heterocycles. The van der Waals surface area contributed by atoms with Crippen LogP contribution in [-0.4, -0.2) is 37.9 Å². The van der Waals surface area contributed by atoms with E-state index < -0.39 is 24.3 Å². The lowest BCUT2D eigenvalue weighted by atomic mass is 9.96. The van der Waals surface area contributed by atoms with Crippen LogP contribution in [-0.2, 0) is 4.79 Å². The molecule has 38 heavy (non-hydrogen) atoms. The zero-order valence-corrected chi connectivity index (χ0v) is 21.7. The molecule has 3 heterocycles. The van der Waals surface area contributed by atoms with Crippen molar-refractivity contribution in [2.45, 2.75) is 40.1 Å². The van der Waals surface area contributed by atoms with Gasteiger partial charge >= 0.3 is 12.3 Å². The van der Waals surface area contributed by atoms with Crippen LogP contribution in [0.25, 0.3) is 16.1 Å².